The number of carbonyl (C=O) groups excluding carboxylic acids is 1. The maximum Gasteiger partial charge on any atom is 0.416 e. The summed E-state index contributed by atoms with van der Waals surface area (Å²) in [4.78, 5) is 15.0. The Balaban J connectivity index is 1.42. The fourth-order valence-corrected chi connectivity index (χ4v) is 9.69. The first-order valence-electron chi connectivity index (χ1n) is 16.0. The molecule has 0 bridgehead atoms. The van der Waals surface area contributed by atoms with E-state index < -0.39 is 44.2 Å². The number of alkyl halides is 3. The van der Waals surface area contributed by atoms with Gasteiger partial charge in [-0.05, 0) is 67.4 Å². The number of thiophene rings is 1. The molecule has 6 rings (SSSR count). The lowest BCUT2D eigenvalue weighted by atomic mass is 10.1. The fraction of sp³-hybridized carbons (Fsp3) is 0.333. The quantitative estimate of drug-likeness (QED) is 0.224. The van der Waals surface area contributed by atoms with Crippen LogP contribution in [0.4, 0.5) is 13.2 Å². The van der Waals surface area contributed by atoms with Crippen LogP contribution in [0.1, 0.15) is 51.3 Å². The second-order valence-electron chi connectivity index (χ2n) is 12.0. The first kappa shape index (κ1) is 38.3. The molecule has 0 radical (unpaired) electrons. The summed E-state index contributed by atoms with van der Waals surface area (Å²) in [7, 11) is -7.57. The number of hydrogen-bond acceptors (Lipinski definition) is 8. The van der Waals surface area contributed by atoms with Gasteiger partial charge < -0.3 is 0 Å². The zero-order valence-electron chi connectivity index (χ0n) is 27.2. The lowest BCUT2D eigenvalue weighted by Crippen LogP contribution is -2.48. The van der Waals surface area contributed by atoms with Crippen LogP contribution in [0.2, 0.25) is 10.0 Å². The Labute approximate surface area is 312 Å². The summed E-state index contributed by atoms with van der Waals surface area (Å²) in [6.07, 6.45) is -1.70. The van der Waals surface area contributed by atoms with Crippen LogP contribution < -0.4 is 10.1 Å². The van der Waals surface area contributed by atoms with E-state index in [2.05, 4.69) is 27.1 Å². The van der Waals surface area contributed by atoms with Crippen molar-refractivity contribution in [2.24, 2.45) is 0 Å². The molecule has 2 aliphatic heterocycles. The number of carbonyl (C=O) groups is 1. The summed E-state index contributed by atoms with van der Waals surface area (Å²) in [5.41, 5.74) is 3.25. The van der Waals surface area contributed by atoms with Crippen LogP contribution >= 0.6 is 34.5 Å². The SMILES string of the molecule is O=C(NN1CCCCC1)c1nn(-c2ccc(Cl)cc2Cl)c(-c2ccc(C#Cc3ccc(C(F)(F)F)cc3)s2)c1CNS(=O)(=O)N1CCS(=O)(=O)CC1. The van der Waals surface area contributed by atoms with Gasteiger partial charge in [0.25, 0.3) is 16.1 Å². The molecule has 0 atom stereocenters. The van der Waals surface area contributed by atoms with E-state index in [1.807, 2.05) is 0 Å². The van der Waals surface area contributed by atoms with Crippen LogP contribution in [0.25, 0.3) is 16.3 Å². The summed E-state index contributed by atoms with van der Waals surface area (Å²) in [5, 5.41) is 7.00. The highest BCUT2D eigenvalue weighted by Gasteiger charge is 2.33. The predicted octanol–water partition coefficient (Wildman–Crippen LogP) is 5.52. The van der Waals surface area contributed by atoms with Gasteiger partial charge in [0.05, 0.1) is 43.2 Å². The third-order valence-electron chi connectivity index (χ3n) is 8.41. The molecule has 2 aromatic heterocycles. The molecule has 2 saturated heterocycles. The molecule has 276 valence electrons. The van der Waals surface area contributed by atoms with Crippen LogP contribution in [0, 0.1) is 11.8 Å². The van der Waals surface area contributed by atoms with Gasteiger partial charge in [-0.3, -0.25) is 10.2 Å². The largest absolute Gasteiger partial charge is 0.416 e. The van der Waals surface area contributed by atoms with Crippen molar-refractivity contribution < 1.29 is 34.8 Å². The molecule has 2 aliphatic rings. The minimum atomic E-state index is -4.48. The minimum absolute atomic E-state index is 0.0821. The number of benzene rings is 2. The van der Waals surface area contributed by atoms with Crippen molar-refractivity contribution in [3.8, 4) is 28.1 Å². The van der Waals surface area contributed by atoms with Gasteiger partial charge >= 0.3 is 6.18 Å². The summed E-state index contributed by atoms with van der Waals surface area (Å²) in [5.74, 6) is 4.60. The lowest BCUT2D eigenvalue weighted by molar-refractivity contribution is -0.137. The number of halogens is 5. The van der Waals surface area contributed by atoms with Crippen LogP contribution in [-0.2, 0) is 32.8 Å². The molecular formula is C33H31Cl2F3N6O5S3. The zero-order chi connectivity index (χ0) is 37.3. The third kappa shape index (κ3) is 9.00. The number of amides is 1. The van der Waals surface area contributed by atoms with Crippen molar-refractivity contribution in [3.63, 3.8) is 0 Å². The van der Waals surface area contributed by atoms with E-state index in [1.165, 1.54) is 34.2 Å². The molecule has 4 aromatic rings. The zero-order valence-corrected chi connectivity index (χ0v) is 31.2. The van der Waals surface area contributed by atoms with Crippen molar-refractivity contribution in [2.75, 3.05) is 37.7 Å². The number of nitrogens with one attached hydrogen (secondary N) is 2. The second kappa shape index (κ2) is 15.5. The van der Waals surface area contributed by atoms with Crippen molar-refractivity contribution >= 4 is 60.5 Å². The van der Waals surface area contributed by atoms with Gasteiger partial charge in [-0.1, -0.05) is 41.5 Å². The van der Waals surface area contributed by atoms with E-state index in [-0.39, 0.29) is 40.9 Å². The number of hydrogen-bond donors (Lipinski definition) is 2. The average molecular weight is 816 g/mol. The lowest BCUT2D eigenvalue weighted by Gasteiger charge is -2.27. The molecular weight excluding hydrogens is 785 g/mol. The van der Waals surface area contributed by atoms with Gasteiger partial charge in [0.1, 0.15) is 0 Å². The number of rotatable bonds is 8. The van der Waals surface area contributed by atoms with Crippen LogP contribution in [-0.4, -0.2) is 79.5 Å². The third-order valence-corrected chi connectivity index (χ3v) is 13.1. The number of hydrazine groups is 1. The van der Waals surface area contributed by atoms with Gasteiger partial charge in [0.2, 0.25) is 0 Å². The first-order valence-corrected chi connectivity index (χ1v) is 20.8. The average Bonchev–Trinajstić information content (AvgIpc) is 3.71. The number of aromatic nitrogens is 2. The molecule has 2 N–H and O–H groups in total. The van der Waals surface area contributed by atoms with Crippen LogP contribution in [0.5, 0.6) is 0 Å². The van der Waals surface area contributed by atoms with E-state index >= 15 is 0 Å². The highest BCUT2D eigenvalue weighted by Crippen LogP contribution is 2.37. The normalized spacial score (nSPS) is 17.0. The highest BCUT2D eigenvalue weighted by atomic mass is 35.5. The van der Waals surface area contributed by atoms with E-state index in [0.29, 0.717) is 44.8 Å². The molecule has 2 aromatic carbocycles. The molecule has 2 fully saturated rings. The molecule has 0 aliphatic carbocycles. The van der Waals surface area contributed by atoms with Crippen molar-refractivity contribution in [1.29, 1.82) is 0 Å². The van der Waals surface area contributed by atoms with Gasteiger partial charge in [-0.2, -0.15) is 35.7 Å². The predicted molar refractivity (Wildman–Crippen MR) is 193 cm³/mol. The molecule has 0 unspecified atom stereocenters. The standard InChI is InChI=1S/C33H31Cl2F3N6O5S3/c34-24-9-12-28(27(35)20-24)44-31(29-13-11-25(50-29)10-6-22-4-7-23(8-5-22)33(36,37)38)26(30(40-44)32(45)41-42-14-2-1-3-15-42)21-39-52(48,49)43-16-18-51(46,47)19-17-43/h4-5,7-9,11-13,20,39H,1-3,14-19,21H2,(H,41,45). The smallest absolute Gasteiger partial charge is 0.283 e. The first-order chi connectivity index (χ1) is 24.6. The Morgan fingerprint density at radius 3 is 2.29 bits per heavy atom. The van der Waals surface area contributed by atoms with E-state index in [4.69, 9.17) is 23.2 Å². The van der Waals surface area contributed by atoms with Gasteiger partial charge in [-0.15, -0.1) is 11.3 Å². The monoisotopic (exact) mass is 814 g/mol. The van der Waals surface area contributed by atoms with E-state index in [1.54, 1.807) is 29.3 Å². The number of sulfone groups is 1. The minimum Gasteiger partial charge on any atom is -0.283 e. The maximum atomic E-state index is 13.9. The maximum absolute atomic E-state index is 13.9. The molecule has 19 heteroatoms. The Kier molecular flexibility index (Phi) is 11.4. The van der Waals surface area contributed by atoms with E-state index in [9.17, 15) is 34.8 Å². The number of piperidine rings is 1. The Hall–Kier alpha value is -3.47. The Morgan fingerprint density at radius 2 is 1.63 bits per heavy atom. The second-order valence-corrected chi connectivity index (χ2v) is 18.0. The van der Waals surface area contributed by atoms with Crippen molar-refractivity contribution in [1.82, 2.24) is 29.2 Å². The molecule has 0 saturated carbocycles. The topological polar surface area (TPSA) is 134 Å². The fourth-order valence-electron chi connectivity index (χ4n) is 5.68. The molecule has 11 nitrogen and oxygen atoms in total. The van der Waals surface area contributed by atoms with E-state index in [0.717, 1.165) is 35.7 Å². The van der Waals surface area contributed by atoms with Gasteiger partial charge in [-0.25, -0.2) is 18.1 Å². The van der Waals surface area contributed by atoms with Crippen molar-refractivity contribution in [3.05, 3.63) is 91.9 Å². The van der Waals surface area contributed by atoms with Crippen molar-refractivity contribution in [2.45, 2.75) is 32.0 Å². The highest BCUT2D eigenvalue weighted by molar-refractivity contribution is 7.91. The summed E-state index contributed by atoms with van der Waals surface area (Å²) < 4.78 is 95.0. The Bertz CT molecular complexity index is 2250. The Morgan fingerprint density at radius 1 is 0.942 bits per heavy atom. The summed E-state index contributed by atoms with van der Waals surface area (Å²) in [6.45, 7) is 0.387. The van der Waals surface area contributed by atoms with Gasteiger partial charge in [0.15, 0.2) is 15.5 Å². The van der Waals surface area contributed by atoms with Crippen LogP contribution in [0.15, 0.2) is 54.6 Å². The molecule has 4 heterocycles. The molecule has 52 heavy (non-hydrogen) atoms. The number of nitrogens with zero attached hydrogens (tertiary/aromatic N) is 4. The molecule has 0 spiro atoms. The summed E-state index contributed by atoms with van der Waals surface area (Å²) in [6, 6.07) is 12.5. The van der Waals surface area contributed by atoms with Gasteiger partial charge in [0, 0.05) is 48.9 Å². The van der Waals surface area contributed by atoms with Crippen LogP contribution in [0.3, 0.4) is 0 Å². The molecule has 1 amide bonds. The summed E-state index contributed by atoms with van der Waals surface area (Å²) >= 11 is 14.0.